The summed E-state index contributed by atoms with van der Waals surface area (Å²) in [5.41, 5.74) is 3.01. The second kappa shape index (κ2) is 15.1. The maximum absolute atomic E-state index is 8.59. The molecule has 0 aromatic heterocycles. The molecule has 0 aliphatic rings. The third-order valence-corrected chi connectivity index (χ3v) is 3.76. The summed E-state index contributed by atoms with van der Waals surface area (Å²) in [7, 11) is 1.73. The van der Waals surface area contributed by atoms with Crippen molar-refractivity contribution in [1.82, 2.24) is 0 Å². The van der Waals surface area contributed by atoms with Crippen molar-refractivity contribution in [3.8, 4) is 0 Å². The van der Waals surface area contributed by atoms with Crippen LogP contribution in [-0.4, -0.2) is 25.4 Å². The standard InChI is InChI=1S/C14H24O.C6H14O/c1-5-6-8-13(2)9-7-10-14(3)11-12-15-4;1-4-6(2,3)5-7/h5,9,11H,1,6-8,10,12H2,2-4H3;7H,4-5H2,1-3H3/b13-9+,14-11+;. The number of methoxy groups -OCH3 is 1. The van der Waals surface area contributed by atoms with Crippen molar-refractivity contribution in [3.63, 3.8) is 0 Å². The van der Waals surface area contributed by atoms with Gasteiger partial charge in [-0.15, -0.1) is 6.58 Å². The molecule has 0 radical (unpaired) electrons. The lowest BCUT2D eigenvalue weighted by atomic mass is 9.92. The topological polar surface area (TPSA) is 29.5 Å². The van der Waals surface area contributed by atoms with Gasteiger partial charge in [-0.2, -0.15) is 0 Å². The quantitative estimate of drug-likeness (QED) is 0.525. The molecule has 0 amide bonds. The van der Waals surface area contributed by atoms with Crippen LogP contribution in [0.5, 0.6) is 0 Å². The molecule has 2 heteroatoms. The van der Waals surface area contributed by atoms with Gasteiger partial charge >= 0.3 is 0 Å². The smallest absolute Gasteiger partial charge is 0.0646 e. The fraction of sp³-hybridized carbons (Fsp3) is 0.700. The first kappa shape index (κ1) is 23.4. The van der Waals surface area contributed by atoms with Crippen molar-refractivity contribution in [3.05, 3.63) is 36.0 Å². The molecule has 0 atom stereocenters. The molecule has 0 aliphatic heterocycles. The fourth-order valence-corrected chi connectivity index (χ4v) is 1.42. The van der Waals surface area contributed by atoms with Crippen LogP contribution in [0, 0.1) is 5.41 Å². The van der Waals surface area contributed by atoms with E-state index < -0.39 is 0 Å². The van der Waals surface area contributed by atoms with Gasteiger partial charge in [0.05, 0.1) is 6.61 Å². The number of allylic oxidation sites excluding steroid dienone is 4. The van der Waals surface area contributed by atoms with E-state index in [0.29, 0.717) is 6.61 Å². The van der Waals surface area contributed by atoms with Crippen LogP contribution in [0.3, 0.4) is 0 Å². The molecule has 0 rings (SSSR count). The predicted molar refractivity (Wildman–Crippen MR) is 99.2 cm³/mol. The maximum atomic E-state index is 8.59. The average Bonchev–Trinajstić information content (AvgIpc) is 2.51. The normalized spacial score (nSPS) is 12.7. The highest BCUT2D eigenvalue weighted by atomic mass is 16.5. The lowest BCUT2D eigenvalue weighted by molar-refractivity contribution is 0.155. The van der Waals surface area contributed by atoms with Gasteiger partial charge in [0.2, 0.25) is 0 Å². The van der Waals surface area contributed by atoms with Crippen LogP contribution in [0.4, 0.5) is 0 Å². The van der Waals surface area contributed by atoms with Crippen LogP contribution in [0.25, 0.3) is 0 Å². The first-order chi connectivity index (χ1) is 10.3. The summed E-state index contributed by atoms with van der Waals surface area (Å²) in [4.78, 5) is 0. The minimum absolute atomic E-state index is 0.139. The molecular formula is C20H38O2. The van der Waals surface area contributed by atoms with E-state index in [2.05, 4.69) is 39.5 Å². The third kappa shape index (κ3) is 17.2. The van der Waals surface area contributed by atoms with E-state index >= 15 is 0 Å². The predicted octanol–water partition coefficient (Wildman–Crippen LogP) is 5.69. The Labute approximate surface area is 139 Å². The Kier molecular flexibility index (Phi) is 16.0. The van der Waals surface area contributed by atoms with Crippen LogP contribution in [0.2, 0.25) is 0 Å². The maximum Gasteiger partial charge on any atom is 0.0646 e. The highest BCUT2D eigenvalue weighted by Gasteiger charge is 2.11. The Morgan fingerprint density at radius 1 is 1.09 bits per heavy atom. The Balaban J connectivity index is 0. The van der Waals surface area contributed by atoms with Gasteiger partial charge in [-0.3, -0.25) is 0 Å². The number of aliphatic hydroxyl groups is 1. The van der Waals surface area contributed by atoms with Crippen molar-refractivity contribution in [1.29, 1.82) is 0 Å². The monoisotopic (exact) mass is 310 g/mol. The number of aliphatic hydroxyl groups excluding tert-OH is 1. The summed E-state index contributed by atoms with van der Waals surface area (Å²) in [5.74, 6) is 0. The van der Waals surface area contributed by atoms with E-state index in [4.69, 9.17) is 9.84 Å². The summed E-state index contributed by atoms with van der Waals surface area (Å²) in [5, 5.41) is 8.59. The number of hydrogen-bond acceptors (Lipinski definition) is 2. The second-order valence-corrected chi connectivity index (χ2v) is 6.60. The fourth-order valence-electron chi connectivity index (χ4n) is 1.42. The summed E-state index contributed by atoms with van der Waals surface area (Å²) >= 11 is 0. The molecule has 1 N–H and O–H groups in total. The van der Waals surface area contributed by atoms with Gasteiger partial charge in [-0.25, -0.2) is 0 Å². The Bertz CT molecular complexity index is 319. The summed E-state index contributed by atoms with van der Waals surface area (Å²) in [6, 6.07) is 0. The van der Waals surface area contributed by atoms with Crippen molar-refractivity contribution in [2.24, 2.45) is 5.41 Å². The average molecular weight is 311 g/mol. The van der Waals surface area contributed by atoms with Crippen molar-refractivity contribution in [2.45, 2.75) is 66.7 Å². The zero-order valence-electron chi connectivity index (χ0n) is 15.7. The van der Waals surface area contributed by atoms with E-state index in [1.54, 1.807) is 7.11 Å². The van der Waals surface area contributed by atoms with Crippen LogP contribution < -0.4 is 0 Å². The van der Waals surface area contributed by atoms with E-state index in [0.717, 1.165) is 38.7 Å². The molecule has 0 spiro atoms. The molecular weight excluding hydrogens is 272 g/mol. The Morgan fingerprint density at radius 2 is 1.64 bits per heavy atom. The molecule has 2 nitrogen and oxygen atoms in total. The van der Waals surface area contributed by atoms with Crippen molar-refractivity contribution >= 4 is 0 Å². The van der Waals surface area contributed by atoms with Gasteiger partial charge in [0.25, 0.3) is 0 Å². The molecule has 0 saturated heterocycles. The number of hydrogen-bond donors (Lipinski definition) is 1. The molecule has 0 heterocycles. The van der Waals surface area contributed by atoms with Crippen LogP contribution in [-0.2, 0) is 4.74 Å². The second-order valence-electron chi connectivity index (χ2n) is 6.60. The lowest BCUT2D eigenvalue weighted by Crippen LogP contribution is -2.14. The minimum atomic E-state index is 0.139. The largest absolute Gasteiger partial charge is 0.396 e. The molecule has 0 saturated carbocycles. The van der Waals surface area contributed by atoms with Crippen LogP contribution >= 0.6 is 0 Å². The Hall–Kier alpha value is -0.860. The van der Waals surface area contributed by atoms with Crippen molar-refractivity contribution in [2.75, 3.05) is 20.3 Å². The van der Waals surface area contributed by atoms with E-state index in [1.165, 1.54) is 11.1 Å². The molecule has 0 bridgehead atoms. The van der Waals surface area contributed by atoms with Gasteiger partial charge < -0.3 is 9.84 Å². The first-order valence-corrected chi connectivity index (χ1v) is 8.34. The summed E-state index contributed by atoms with van der Waals surface area (Å²) in [6.45, 7) is 15.3. The van der Waals surface area contributed by atoms with Gasteiger partial charge in [0.1, 0.15) is 0 Å². The van der Waals surface area contributed by atoms with Crippen molar-refractivity contribution < 1.29 is 9.84 Å². The van der Waals surface area contributed by atoms with Gasteiger partial charge in [0.15, 0.2) is 0 Å². The molecule has 0 aromatic carbocycles. The van der Waals surface area contributed by atoms with Gasteiger partial charge in [0, 0.05) is 13.7 Å². The van der Waals surface area contributed by atoms with E-state index in [9.17, 15) is 0 Å². The summed E-state index contributed by atoms with van der Waals surface area (Å²) in [6.07, 6.45) is 12.0. The minimum Gasteiger partial charge on any atom is -0.396 e. The van der Waals surface area contributed by atoms with Gasteiger partial charge in [-0.1, -0.05) is 50.1 Å². The highest BCUT2D eigenvalue weighted by molar-refractivity contribution is 5.04. The third-order valence-electron chi connectivity index (χ3n) is 3.76. The molecule has 0 fully saturated rings. The lowest BCUT2D eigenvalue weighted by Gasteiger charge is -2.17. The SMILES string of the molecule is C=CCC/C(C)=C/CC/C(C)=C/COC.CCC(C)(C)CO. The molecule has 0 aliphatic carbocycles. The van der Waals surface area contributed by atoms with E-state index in [-0.39, 0.29) is 5.41 Å². The molecule has 0 aromatic rings. The zero-order chi connectivity index (χ0) is 17.4. The molecule has 22 heavy (non-hydrogen) atoms. The van der Waals surface area contributed by atoms with Gasteiger partial charge in [-0.05, 0) is 51.4 Å². The van der Waals surface area contributed by atoms with E-state index in [1.807, 2.05) is 19.9 Å². The first-order valence-electron chi connectivity index (χ1n) is 8.34. The summed E-state index contributed by atoms with van der Waals surface area (Å²) < 4.78 is 4.99. The van der Waals surface area contributed by atoms with Crippen LogP contribution in [0.1, 0.15) is 66.7 Å². The highest BCUT2D eigenvalue weighted by Crippen LogP contribution is 2.16. The molecule has 130 valence electrons. The van der Waals surface area contributed by atoms with Crippen LogP contribution in [0.15, 0.2) is 36.0 Å². The zero-order valence-corrected chi connectivity index (χ0v) is 15.7. The molecule has 0 unspecified atom stereocenters. The number of ether oxygens (including phenoxy) is 1. The Morgan fingerprint density at radius 3 is 2.05 bits per heavy atom. The number of rotatable bonds is 10.